The van der Waals surface area contributed by atoms with Crippen LogP contribution in [0.15, 0.2) is 128 Å². The van der Waals surface area contributed by atoms with Gasteiger partial charge in [0.05, 0.1) is 17.5 Å². The fourth-order valence-corrected chi connectivity index (χ4v) is 5.23. The standard InChI is InChI=1S/C30H24N6O2/c37-35(38)21-29(36-28-19-11-10-18-26(28)32-33-36)27-20-34(22-31-27)30(23-12-4-1-5-13-23,24-14-6-2-7-15-24)25-16-8-3-9-17-25/h1-20,22,29H,21H2/t29-/m0/s1. The van der Waals surface area contributed by atoms with Gasteiger partial charge in [-0.25, -0.2) is 9.67 Å². The molecule has 0 aliphatic rings. The van der Waals surface area contributed by atoms with E-state index in [0.717, 1.165) is 16.7 Å². The highest BCUT2D eigenvalue weighted by Gasteiger charge is 2.39. The summed E-state index contributed by atoms with van der Waals surface area (Å²) in [4.78, 5) is 16.2. The Hall–Kier alpha value is -5.11. The number of fused-ring (bicyclic) bond motifs is 1. The molecule has 0 spiro atoms. The molecule has 8 heteroatoms. The monoisotopic (exact) mass is 500 g/mol. The van der Waals surface area contributed by atoms with Gasteiger partial charge in [-0.2, -0.15) is 0 Å². The minimum Gasteiger partial charge on any atom is -0.319 e. The average molecular weight is 501 g/mol. The van der Waals surface area contributed by atoms with Crippen molar-refractivity contribution in [3.63, 3.8) is 0 Å². The van der Waals surface area contributed by atoms with Gasteiger partial charge < -0.3 is 4.57 Å². The van der Waals surface area contributed by atoms with Gasteiger partial charge >= 0.3 is 0 Å². The molecule has 38 heavy (non-hydrogen) atoms. The van der Waals surface area contributed by atoms with E-state index in [-0.39, 0.29) is 11.5 Å². The van der Waals surface area contributed by atoms with Gasteiger partial charge in [-0.15, -0.1) is 5.10 Å². The zero-order valence-corrected chi connectivity index (χ0v) is 20.4. The van der Waals surface area contributed by atoms with Crippen molar-refractivity contribution in [3.05, 3.63) is 160 Å². The van der Waals surface area contributed by atoms with Crippen molar-refractivity contribution in [2.75, 3.05) is 6.54 Å². The summed E-state index contributed by atoms with van der Waals surface area (Å²) in [5.41, 5.74) is 4.28. The highest BCUT2D eigenvalue weighted by molar-refractivity contribution is 5.74. The van der Waals surface area contributed by atoms with E-state index >= 15 is 0 Å². The summed E-state index contributed by atoms with van der Waals surface area (Å²) in [7, 11) is 0. The second kappa shape index (κ2) is 9.74. The lowest BCUT2D eigenvalue weighted by Crippen LogP contribution is -2.37. The summed E-state index contributed by atoms with van der Waals surface area (Å²) in [6, 6.07) is 37.4. The van der Waals surface area contributed by atoms with Crippen molar-refractivity contribution in [2.45, 2.75) is 11.6 Å². The molecule has 0 unspecified atom stereocenters. The molecular formula is C30H24N6O2. The Kier molecular flexibility index (Phi) is 5.97. The van der Waals surface area contributed by atoms with E-state index in [2.05, 4.69) is 46.7 Å². The van der Waals surface area contributed by atoms with Gasteiger partial charge in [0.1, 0.15) is 11.1 Å². The lowest BCUT2D eigenvalue weighted by molar-refractivity contribution is -0.484. The molecule has 0 aliphatic carbocycles. The third kappa shape index (κ3) is 3.92. The first-order valence-electron chi connectivity index (χ1n) is 12.3. The van der Waals surface area contributed by atoms with Crippen molar-refractivity contribution in [3.8, 4) is 0 Å². The lowest BCUT2D eigenvalue weighted by Gasteiger charge is -2.37. The van der Waals surface area contributed by atoms with Crippen LogP contribution in [-0.2, 0) is 5.54 Å². The zero-order valence-electron chi connectivity index (χ0n) is 20.4. The van der Waals surface area contributed by atoms with Crippen LogP contribution in [0.25, 0.3) is 11.0 Å². The zero-order chi connectivity index (χ0) is 26.0. The van der Waals surface area contributed by atoms with Crippen LogP contribution in [0.5, 0.6) is 0 Å². The van der Waals surface area contributed by atoms with E-state index in [4.69, 9.17) is 4.98 Å². The minimum absolute atomic E-state index is 0.334. The van der Waals surface area contributed by atoms with E-state index in [1.54, 1.807) is 11.0 Å². The first-order chi connectivity index (χ1) is 18.7. The predicted octanol–water partition coefficient (Wildman–Crippen LogP) is 5.33. The number of benzene rings is 4. The van der Waals surface area contributed by atoms with Crippen LogP contribution in [0.3, 0.4) is 0 Å². The summed E-state index contributed by atoms with van der Waals surface area (Å²) >= 11 is 0. The van der Waals surface area contributed by atoms with Crippen LogP contribution in [0, 0.1) is 10.1 Å². The first kappa shape index (κ1) is 23.3. The summed E-state index contributed by atoms with van der Waals surface area (Å²) < 4.78 is 3.65. The van der Waals surface area contributed by atoms with E-state index < -0.39 is 11.6 Å². The summed E-state index contributed by atoms with van der Waals surface area (Å²) in [5.74, 6) is 0. The van der Waals surface area contributed by atoms with E-state index in [9.17, 15) is 10.1 Å². The van der Waals surface area contributed by atoms with Crippen LogP contribution < -0.4 is 0 Å². The topological polar surface area (TPSA) is 91.7 Å². The van der Waals surface area contributed by atoms with Crippen LogP contribution in [0.4, 0.5) is 0 Å². The Bertz CT molecular complexity index is 1580. The fraction of sp³-hybridized carbons (Fsp3) is 0.100. The maximum absolute atomic E-state index is 11.8. The van der Waals surface area contributed by atoms with Crippen molar-refractivity contribution in [1.29, 1.82) is 0 Å². The van der Waals surface area contributed by atoms with E-state index in [1.165, 1.54) is 0 Å². The molecule has 6 aromatic rings. The normalized spacial score (nSPS) is 12.4. The Morgan fingerprint density at radius 3 is 1.84 bits per heavy atom. The molecule has 0 aliphatic heterocycles. The summed E-state index contributed by atoms with van der Waals surface area (Å²) in [5, 5.41) is 20.3. The second-order valence-electron chi connectivity index (χ2n) is 9.07. The van der Waals surface area contributed by atoms with Gasteiger partial charge in [0.2, 0.25) is 6.54 Å². The number of rotatable bonds is 8. The van der Waals surface area contributed by atoms with Crippen LogP contribution in [0.1, 0.15) is 28.4 Å². The molecule has 186 valence electrons. The molecule has 0 N–H and O–H groups in total. The maximum atomic E-state index is 11.8. The van der Waals surface area contributed by atoms with Gasteiger partial charge in [-0.05, 0) is 28.8 Å². The quantitative estimate of drug-likeness (QED) is 0.160. The van der Waals surface area contributed by atoms with Gasteiger partial charge in [0, 0.05) is 11.1 Å². The summed E-state index contributed by atoms with van der Waals surface area (Å²) in [6.07, 6.45) is 3.66. The third-order valence-electron chi connectivity index (χ3n) is 6.90. The van der Waals surface area contributed by atoms with Gasteiger partial charge in [0.25, 0.3) is 0 Å². The molecule has 6 rings (SSSR count). The van der Waals surface area contributed by atoms with Crippen LogP contribution in [0.2, 0.25) is 0 Å². The highest BCUT2D eigenvalue weighted by atomic mass is 16.6. The smallest absolute Gasteiger partial charge is 0.231 e. The molecule has 0 saturated heterocycles. The second-order valence-corrected chi connectivity index (χ2v) is 9.07. The van der Waals surface area contributed by atoms with E-state index in [1.807, 2.05) is 89.6 Å². The molecule has 2 heterocycles. The third-order valence-corrected chi connectivity index (χ3v) is 6.90. The van der Waals surface area contributed by atoms with Crippen molar-refractivity contribution in [2.24, 2.45) is 0 Å². The van der Waals surface area contributed by atoms with Gasteiger partial charge in [-0.3, -0.25) is 10.1 Å². The molecule has 4 aromatic carbocycles. The molecule has 1 atom stereocenters. The lowest BCUT2D eigenvalue weighted by atomic mass is 9.77. The number of aromatic nitrogens is 5. The van der Waals surface area contributed by atoms with Crippen LogP contribution >= 0.6 is 0 Å². The Morgan fingerprint density at radius 1 is 0.763 bits per heavy atom. The molecule has 2 aromatic heterocycles. The molecule has 0 radical (unpaired) electrons. The largest absolute Gasteiger partial charge is 0.319 e. The number of nitro groups is 1. The number of hydrogen-bond donors (Lipinski definition) is 0. The average Bonchev–Trinajstić information content (AvgIpc) is 3.62. The molecule has 0 saturated carbocycles. The SMILES string of the molecule is O=[N+]([O-])C[C@@H](c1cn(C(c2ccccc2)(c2ccccc2)c2ccccc2)cn1)n1nnc2ccccc21. The van der Waals surface area contributed by atoms with Gasteiger partial charge in [0.15, 0.2) is 6.04 Å². The number of imidazole rings is 1. The van der Waals surface area contributed by atoms with Crippen molar-refractivity contribution in [1.82, 2.24) is 24.5 Å². The molecule has 0 bridgehead atoms. The minimum atomic E-state index is -0.765. The Balaban J connectivity index is 1.59. The number of nitrogens with zero attached hydrogens (tertiary/aromatic N) is 6. The highest BCUT2D eigenvalue weighted by Crippen LogP contribution is 2.41. The molecule has 0 fully saturated rings. The molecule has 0 amide bonds. The maximum Gasteiger partial charge on any atom is 0.231 e. The molecule has 8 nitrogen and oxygen atoms in total. The number of hydrogen-bond acceptors (Lipinski definition) is 5. The first-order valence-corrected chi connectivity index (χ1v) is 12.3. The predicted molar refractivity (Wildman–Crippen MR) is 144 cm³/mol. The Morgan fingerprint density at radius 2 is 1.29 bits per heavy atom. The van der Waals surface area contributed by atoms with Crippen LogP contribution in [-0.4, -0.2) is 36.0 Å². The Labute approximate surface area is 219 Å². The van der Waals surface area contributed by atoms with Crippen molar-refractivity contribution >= 4 is 11.0 Å². The molecular weight excluding hydrogens is 476 g/mol. The number of para-hydroxylation sites is 1. The van der Waals surface area contributed by atoms with Gasteiger partial charge in [-0.1, -0.05) is 108 Å². The summed E-state index contributed by atoms with van der Waals surface area (Å²) in [6.45, 7) is -0.376. The van der Waals surface area contributed by atoms with E-state index in [0.29, 0.717) is 16.7 Å². The van der Waals surface area contributed by atoms with Crippen molar-refractivity contribution < 1.29 is 4.92 Å². The fourth-order valence-electron chi connectivity index (χ4n) is 5.23.